The molecule has 0 bridgehead atoms. The smallest absolute Gasteiger partial charge is 0.194 e. The van der Waals surface area contributed by atoms with Crippen molar-refractivity contribution in [2.75, 3.05) is 27.3 Å². The van der Waals surface area contributed by atoms with E-state index in [0.717, 1.165) is 35.7 Å². The summed E-state index contributed by atoms with van der Waals surface area (Å²) in [7, 11) is 5.67. The van der Waals surface area contributed by atoms with Gasteiger partial charge < -0.3 is 24.3 Å². The second-order valence-electron chi connectivity index (χ2n) is 7.43. The molecule has 0 atom stereocenters. The molecule has 1 aliphatic carbocycles. The Morgan fingerprint density at radius 3 is 2.52 bits per heavy atom. The van der Waals surface area contributed by atoms with E-state index < -0.39 is 0 Å². The van der Waals surface area contributed by atoms with Crippen LogP contribution in [-0.4, -0.2) is 59.0 Å². The van der Waals surface area contributed by atoms with Crippen LogP contribution in [0.2, 0.25) is 0 Å². The summed E-state index contributed by atoms with van der Waals surface area (Å²) < 4.78 is 13.0. The van der Waals surface area contributed by atoms with Crippen LogP contribution < -0.4 is 14.8 Å². The number of nitrogens with zero attached hydrogens (tertiary/aromatic N) is 5. The van der Waals surface area contributed by atoms with E-state index in [4.69, 9.17) is 14.5 Å². The first kappa shape index (κ1) is 21.0. The molecule has 2 aromatic rings. The predicted molar refractivity (Wildman–Crippen MR) is 113 cm³/mol. The molecule has 1 heterocycles. The molecular formula is C21H32N6O2. The number of likely N-dealkylation sites (N-methyl/N-ethyl adjacent to an activating group) is 1. The summed E-state index contributed by atoms with van der Waals surface area (Å²) in [5.74, 6) is 4.29. The van der Waals surface area contributed by atoms with Gasteiger partial charge in [-0.25, -0.2) is 4.99 Å². The van der Waals surface area contributed by atoms with Crippen molar-refractivity contribution in [3.8, 4) is 11.5 Å². The summed E-state index contributed by atoms with van der Waals surface area (Å²) in [5.41, 5.74) is 0. The molecule has 1 fully saturated rings. The van der Waals surface area contributed by atoms with E-state index in [1.54, 1.807) is 7.11 Å². The van der Waals surface area contributed by atoms with Crippen molar-refractivity contribution in [2.24, 2.45) is 12.0 Å². The molecule has 1 N–H and O–H groups in total. The van der Waals surface area contributed by atoms with E-state index in [1.807, 2.05) is 49.9 Å². The average molecular weight is 401 g/mol. The third-order valence-corrected chi connectivity index (χ3v) is 5.36. The lowest BCUT2D eigenvalue weighted by atomic mass is 10.2. The van der Waals surface area contributed by atoms with E-state index in [1.165, 1.54) is 25.7 Å². The minimum Gasteiger partial charge on any atom is -0.497 e. The zero-order valence-electron chi connectivity index (χ0n) is 17.9. The summed E-state index contributed by atoms with van der Waals surface area (Å²) >= 11 is 0. The Kier molecular flexibility index (Phi) is 7.32. The maximum Gasteiger partial charge on any atom is 0.194 e. The normalized spacial score (nSPS) is 14.8. The lowest BCUT2D eigenvalue weighted by Gasteiger charge is -2.25. The molecule has 3 rings (SSSR count). The van der Waals surface area contributed by atoms with E-state index in [2.05, 4.69) is 20.4 Å². The number of guanidine groups is 1. The standard InChI is InChI=1S/C21H32N6O2/c1-16-24-25-20(27(16)3)15-22-21(23-17-7-5-6-8-17)26(2)13-14-29-19-11-9-18(28-4)10-12-19/h9-12,17H,5-8,13-15H2,1-4H3,(H,22,23). The first-order valence-electron chi connectivity index (χ1n) is 10.2. The molecule has 0 radical (unpaired) electrons. The number of hydrogen-bond acceptors (Lipinski definition) is 5. The number of rotatable bonds is 8. The van der Waals surface area contributed by atoms with Gasteiger partial charge in [0.1, 0.15) is 30.5 Å². The summed E-state index contributed by atoms with van der Waals surface area (Å²) in [4.78, 5) is 6.93. The number of aromatic nitrogens is 3. The number of benzene rings is 1. The molecule has 1 saturated carbocycles. The van der Waals surface area contributed by atoms with Gasteiger partial charge in [-0.1, -0.05) is 12.8 Å². The molecule has 8 heteroatoms. The van der Waals surface area contributed by atoms with Gasteiger partial charge in [0.05, 0.1) is 13.7 Å². The van der Waals surface area contributed by atoms with Crippen LogP contribution in [0.25, 0.3) is 0 Å². The Hall–Kier alpha value is -2.77. The monoisotopic (exact) mass is 400 g/mol. The highest BCUT2D eigenvalue weighted by Crippen LogP contribution is 2.18. The first-order valence-corrected chi connectivity index (χ1v) is 10.2. The quantitative estimate of drug-likeness (QED) is 0.542. The van der Waals surface area contributed by atoms with Crippen molar-refractivity contribution >= 4 is 5.96 Å². The fraction of sp³-hybridized carbons (Fsp3) is 0.571. The maximum absolute atomic E-state index is 5.88. The predicted octanol–water partition coefficient (Wildman–Crippen LogP) is 2.53. The Balaban J connectivity index is 1.58. The maximum atomic E-state index is 5.88. The van der Waals surface area contributed by atoms with Gasteiger partial charge in [0.15, 0.2) is 11.8 Å². The summed E-state index contributed by atoms with van der Waals surface area (Å²) in [6.07, 6.45) is 4.94. The highest BCUT2D eigenvalue weighted by Gasteiger charge is 2.18. The molecule has 0 unspecified atom stereocenters. The number of methoxy groups -OCH3 is 1. The highest BCUT2D eigenvalue weighted by atomic mass is 16.5. The lowest BCUT2D eigenvalue weighted by molar-refractivity contribution is 0.279. The molecule has 1 aromatic carbocycles. The van der Waals surface area contributed by atoms with Crippen molar-refractivity contribution < 1.29 is 9.47 Å². The van der Waals surface area contributed by atoms with Gasteiger partial charge in [-0.05, 0) is 44.0 Å². The van der Waals surface area contributed by atoms with Crippen LogP contribution in [0, 0.1) is 6.92 Å². The Labute approximate surface area is 172 Å². The van der Waals surface area contributed by atoms with Gasteiger partial charge in [0.25, 0.3) is 0 Å². The number of ether oxygens (including phenoxy) is 2. The van der Waals surface area contributed by atoms with Crippen LogP contribution in [0.5, 0.6) is 11.5 Å². The van der Waals surface area contributed by atoms with Crippen LogP contribution in [-0.2, 0) is 13.6 Å². The minimum atomic E-state index is 0.486. The van der Waals surface area contributed by atoms with Crippen molar-refractivity contribution in [3.05, 3.63) is 35.9 Å². The molecule has 0 aliphatic heterocycles. The van der Waals surface area contributed by atoms with Crippen molar-refractivity contribution in [1.82, 2.24) is 25.0 Å². The molecule has 0 saturated heterocycles. The third kappa shape index (κ3) is 5.85. The van der Waals surface area contributed by atoms with E-state index >= 15 is 0 Å². The number of aliphatic imine (C=N–C) groups is 1. The Morgan fingerprint density at radius 1 is 1.21 bits per heavy atom. The molecular weight excluding hydrogens is 368 g/mol. The van der Waals surface area contributed by atoms with Crippen molar-refractivity contribution in [1.29, 1.82) is 0 Å². The van der Waals surface area contributed by atoms with Crippen LogP contribution in [0.1, 0.15) is 37.3 Å². The number of nitrogens with one attached hydrogen (secondary N) is 1. The summed E-state index contributed by atoms with van der Waals surface area (Å²) in [6.45, 7) is 3.73. The largest absolute Gasteiger partial charge is 0.497 e. The highest BCUT2D eigenvalue weighted by molar-refractivity contribution is 5.80. The summed E-state index contributed by atoms with van der Waals surface area (Å²) in [6, 6.07) is 8.12. The molecule has 0 amide bonds. The van der Waals surface area contributed by atoms with Gasteiger partial charge in [-0.15, -0.1) is 10.2 Å². The molecule has 1 aromatic heterocycles. The van der Waals surface area contributed by atoms with Gasteiger partial charge in [-0.3, -0.25) is 0 Å². The van der Waals surface area contributed by atoms with Crippen molar-refractivity contribution in [2.45, 2.75) is 45.2 Å². The fourth-order valence-corrected chi connectivity index (χ4v) is 3.34. The SMILES string of the molecule is COc1ccc(OCCN(C)C(=NCc2nnc(C)n2C)NC2CCCC2)cc1. The van der Waals surface area contributed by atoms with Gasteiger partial charge in [0.2, 0.25) is 0 Å². The number of aryl methyl sites for hydroxylation is 1. The molecule has 158 valence electrons. The van der Waals surface area contributed by atoms with E-state index in [0.29, 0.717) is 19.2 Å². The molecule has 8 nitrogen and oxygen atoms in total. The Morgan fingerprint density at radius 2 is 1.90 bits per heavy atom. The van der Waals surface area contributed by atoms with Gasteiger partial charge >= 0.3 is 0 Å². The molecule has 0 spiro atoms. The lowest BCUT2D eigenvalue weighted by Crippen LogP contribution is -2.44. The zero-order valence-corrected chi connectivity index (χ0v) is 17.9. The molecule has 1 aliphatic rings. The third-order valence-electron chi connectivity index (χ3n) is 5.36. The first-order chi connectivity index (χ1) is 14.1. The van der Waals surface area contributed by atoms with Crippen molar-refractivity contribution in [3.63, 3.8) is 0 Å². The summed E-state index contributed by atoms with van der Waals surface area (Å²) in [5, 5.41) is 12.0. The minimum absolute atomic E-state index is 0.486. The zero-order chi connectivity index (χ0) is 20.6. The van der Waals surface area contributed by atoms with Crippen LogP contribution in [0.3, 0.4) is 0 Å². The second-order valence-corrected chi connectivity index (χ2v) is 7.43. The topological polar surface area (TPSA) is 76.8 Å². The van der Waals surface area contributed by atoms with E-state index in [-0.39, 0.29) is 0 Å². The van der Waals surface area contributed by atoms with Crippen LogP contribution in [0.15, 0.2) is 29.3 Å². The average Bonchev–Trinajstić information content (AvgIpc) is 3.36. The Bertz CT molecular complexity index is 796. The van der Waals surface area contributed by atoms with E-state index in [9.17, 15) is 0 Å². The number of hydrogen-bond donors (Lipinski definition) is 1. The van der Waals surface area contributed by atoms with Gasteiger partial charge in [0, 0.05) is 20.1 Å². The van der Waals surface area contributed by atoms with Gasteiger partial charge in [-0.2, -0.15) is 0 Å². The fourth-order valence-electron chi connectivity index (χ4n) is 3.34. The molecule has 29 heavy (non-hydrogen) atoms. The second kappa shape index (κ2) is 10.1. The van der Waals surface area contributed by atoms with Crippen LogP contribution in [0.4, 0.5) is 0 Å². The van der Waals surface area contributed by atoms with Crippen LogP contribution >= 0.6 is 0 Å².